The number of aromatic amines is 1. The third-order valence-electron chi connectivity index (χ3n) is 3.70. The van der Waals surface area contributed by atoms with E-state index >= 15 is 0 Å². The fourth-order valence-electron chi connectivity index (χ4n) is 2.56. The van der Waals surface area contributed by atoms with Crippen LogP contribution in [0.5, 0.6) is 0 Å². The minimum Gasteiger partial charge on any atom is -0.326 e. The van der Waals surface area contributed by atoms with E-state index in [4.69, 9.17) is 16.7 Å². The number of hydrogen-bond donors (Lipinski definition) is 3. The van der Waals surface area contributed by atoms with Crippen LogP contribution in [0, 0.1) is 0 Å². The maximum Gasteiger partial charge on any atom is 0.248 e. The zero-order valence-electron chi connectivity index (χ0n) is 13.3. The number of H-pyrrole nitrogens is 1. The second-order valence-corrected chi connectivity index (χ2v) is 7.56. The predicted octanol–water partition coefficient (Wildman–Crippen LogP) is 2.01. The molecule has 26 heavy (non-hydrogen) atoms. The van der Waals surface area contributed by atoms with E-state index in [2.05, 4.69) is 10.3 Å². The van der Waals surface area contributed by atoms with Gasteiger partial charge in [-0.25, -0.2) is 13.6 Å². The van der Waals surface area contributed by atoms with Crippen molar-refractivity contribution in [1.82, 2.24) is 4.98 Å². The van der Waals surface area contributed by atoms with E-state index in [0.29, 0.717) is 10.6 Å². The number of amides is 1. The monoisotopic (exact) mass is 391 g/mol. The van der Waals surface area contributed by atoms with Gasteiger partial charge in [0.25, 0.3) is 0 Å². The van der Waals surface area contributed by atoms with Gasteiger partial charge in [-0.2, -0.15) is 0 Å². The Morgan fingerprint density at radius 3 is 2.58 bits per heavy atom. The van der Waals surface area contributed by atoms with E-state index < -0.39 is 21.5 Å². The van der Waals surface area contributed by atoms with Crippen LogP contribution in [0.1, 0.15) is 5.56 Å². The summed E-state index contributed by atoms with van der Waals surface area (Å²) in [4.78, 5) is 26.1. The first-order valence-corrected chi connectivity index (χ1v) is 9.39. The van der Waals surface area contributed by atoms with Crippen LogP contribution in [-0.2, 0) is 21.2 Å². The van der Waals surface area contributed by atoms with E-state index in [1.54, 1.807) is 24.3 Å². The molecule has 0 aliphatic carbocycles. The molecule has 9 heteroatoms. The Bertz CT molecular complexity index is 1170. The molecule has 0 atom stereocenters. The molecule has 0 fully saturated rings. The van der Waals surface area contributed by atoms with Gasteiger partial charge in [-0.3, -0.25) is 9.59 Å². The number of halogens is 1. The highest BCUT2D eigenvalue weighted by atomic mass is 35.5. The first-order valence-electron chi connectivity index (χ1n) is 7.47. The summed E-state index contributed by atoms with van der Waals surface area (Å²) in [6, 6.07) is 12.2. The number of fused-ring (bicyclic) bond motifs is 1. The maximum absolute atomic E-state index is 12.3. The quantitative estimate of drug-likeness (QED) is 0.629. The molecule has 0 aliphatic rings. The molecule has 1 heterocycles. The van der Waals surface area contributed by atoms with Crippen molar-refractivity contribution in [3.63, 3.8) is 0 Å². The van der Waals surface area contributed by atoms with E-state index in [-0.39, 0.29) is 27.9 Å². The lowest BCUT2D eigenvalue weighted by molar-refractivity contribution is -0.115. The molecular weight excluding hydrogens is 378 g/mol. The standard InChI is InChI=1S/C17H14ClN3O4S/c18-13-4-2-1-3-10(13)7-17(23)20-11-8-14-12(5-6-16(22)21-14)15(9-11)26(19,24)25/h1-6,8-9H,7H2,(H,20,23)(H,21,22)(H2,19,24,25). The molecule has 4 N–H and O–H groups in total. The Hall–Kier alpha value is -2.68. The summed E-state index contributed by atoms with van der Waals surface area (Å²) < 4.78 is 23.7. The lowest BCUT2D eigenvalue weighted by Crippen LogP contribution is -2.17. The van der Waals surface area contributed by atoms with Crippen LogP contribution in [0.2, 0.25) is 5.02 Å². The second-order valence-electron chi connectivity index (χ2n) is 5.62. The largest absolute Gasteiger partial charge is 0.326 e. The Morgan fingerprint density at radius 2 is 1.88 bits per heavy atom. The van der Waals surface area contributed by atoms with Gasteiger partial charge in [-0.15, -0.1) is 0 Å². The van der Waals surface area contributed by atoms with E-state index in [0.717, 1.165) is 0 Å². The summed E-state index contributed by atoms with van der Waals surface area (Å²) in [6.45, 7) is 0. The Balaban J connectivity index is 1.99. The van der Waals surface area contributed by atoms with Gasteiger partial charge in [0.2, 0.25) is 21.5 Å². The molecule has 0 radical (unpaired) electrons. The lowest BCUT2D eigenvalue weighted by Gasteiger charge is -2.10. The SMILES string of the molecule is NS(=O)(=O)c1cc(NC(=O)Cc2ccccc2Cl)cc2[nH]c(=O)ccc12. The van der Waals surface area contributed by atoms with Gasteiger partial charge < -0.3 is 10.3 Å². The topological polar surface area (TPSA) is 122 Å². The van der Waals surface area contributed by atoms with Gasteiger partial charge in [0.1, 0.15) is 0 Å². The lowest BCUT2D eigenvalue weighted by atomic mass is 10.1. The van der Waals surface area contributed by atoms with Gasteiger partial charge in [-0.05, 0) is 29.8 Å². The van der Waals surface area contributed by atoms with Gasteiger partial charge in [0.05, 0.1) is 16.8 Å². The molecule has 3 rings (SSSR count). The smallest absolute Gasteiger partial charge is 0.248 e. The molecule has 3 aromatic rings. The number of anilines is 1. The third-order valence-corrected chi connectivity index (χ3v) is 5.02. The summed E-state index contributed by atoms with van der Waals surface area (Å²) in [5, 5.41) is 8.57. The molecule has 0 unspecified atom stereocenters. The first-order chi connectivity index (χ1) is 12.2. The first kappa shape index (κ1) is 18.1. The number of carbonyl (C=O) groups is 1. The van der Waals surface area contributed by atoms with Crippen LogP contribution in [0.4, 0.5) is 5.69 Å². The van der Waals surface area contributed by atoms with Crippen LogP contribution in [0.3, 0.4) is 0 Å². The van der Waals surface area contributed by atoms with Crippen LogP contribution in [0.15, 0.2) is 58.2 Å². The van der Waals surface area contributed by atoms with Crippen LogP contribution < -0.4 is 16.0 Å². The molecule has 0 saturated heterocycles. The third kappa shape index (κ3) is 3.93. The number of benzene rings is 2. The average Bonchev–Trinajstić information content (AvgIpc) is 2.55. The Labute approximate surface area is 153 Å². The molecule has 0 aliphatic heterocycles. The summed E-state index contributed by atoms with van der Waals surface area (Å²) in [5.41, 5.74) is 0.669. The average molecular weight is 392 g/mol. The summed E-state index contributed by atoms with van der Waals surface area (Å²) in [5.74, 6) is -0.393. The van der Waals surface area contributed by atoms with Crippen LogP contribution in [0.25, 0.3) is 10.9 Å². The number of nitrogens with one attached hydrogen (secondary N) is 2. The number of nitrogens with two attached hydrogens (primary N) is 1. The molecular formula is C17H14ClN3O4S. The molecule has 0 spiro atoms. The summed E-state index contributed by atoms with van der Waals surface area (Å²) in [7, 11) is -4.06. The number of hydrogen-bond acceptors (Lipinski definition) is 4. The molecule has 1 amide bonds. The molecule has 1 aromatic heterocycles. The molecule has 134 valence electrons. The van der Waals surface area contributed by atoms with E-state index in [1.165, 1.54) is 24.3 Å². The van der Waals surface area contributed by atoms with Crippen molar-refractivity contribution in [2.45, 2.75) is 11.3 Å². The zero-order valence-corrected chi connectivity index (χ0v) is 14.9. The number of aromatic nitrogens is 1. The van der Waals surface area contributed by atoms with E-state index in [1.807, 2.05) is 0 Å². The van der Waals surface area contributed by atoms with Crippen molar-refractivity contribution >= 4 is 44.1 Å². The van der Waals surface area contributed by atoms with Gasteiger partial charge in [-0.1, -0.05) is 29.8 Å². The molecule has 7 nitrogen and oxygen atoms in total. The minimum absolute atomic E-state index is 0.00767. The zero-order chi connectivity index (χ0) is 18.9. The highest BCUT2D eigenvalue weighted by Crippen LogP contribution is 2.25. The Morgan fingerprint density at radius 1 is 1.15 bits per heavy atom. The van der Waals surface area contributed by atoms with Crippen LogP contribution >= 0.6 is 11.6 Å². The van der Waals surface area contributed by atoms with Crippen molar-refractivity contribution < 1.29 is 13.2 Å². The number of sulfonamides is 1. The van der Waals surface area contributed by atoms with Gasteiger partial charge in [0, 0.05) is 22.2 Å². The Kier molecular flexibility index (Phi) is 4.82. The summed E-state index contributed by atoms with van der Waals surface area (Å²) in [6.07, 6.45) is 0.00767. The fourth-order valence-corrected chi connectivity index (χ4v) is 3.54. The van der Waals surface area contributed by atoms with Crippen molar-refractivity contribution in [2.75, 3.05) is 5.32 Å². The maximum atomic E-state index is 12.3. The second kappa shape index (κ2) is 6.91. The number of rotatable bonds is 4. The van der Waals surface area contributed by atoms with Crippen molar-refractivity contribution in [3.8, 4) is 0 Å². The highest BCUT2D eigenvalue weighted by molar-refractivity contribution is 7.89. The van der Waals surface area contributed by atoms with Crippen molar-refractivity contribution in [2.24, 2.45) is 5.14 Å². The molecule has 0 bridgehead atoms. The number of pyridine rings is 1. The molecule has 2 aromatic carbocycles. The van der Waals surface area contributed by atoms with Gasteiger partial charge in [0.15, 0.2) is 0 Å². The normalized spacial score (nSPS) is 11.5. The number of primary sulfonamides is 1. The predicted molar refractivity (Wildman–Crippen MR) is 99.7 cm³/mol. The van der Waals surface area contributed by atoms with Crippen molar-refractivity contribution in [1.29, 1.82) is 0 Å². The fraction of sp³-hybridized carbons (Fsp3) is 0.0588. The summed E-state index contributed by atoms with van der Waals surface area (Å²) >= 11 is 6.04. The molecule has 0 saturated carbocycles. The number of carbonyl (C=O) groups excluding carboxylic acids is 1. The van der Waals surface area contributed by atoms with Crippen molar-refractivity contribution in [3.05, 3.63) is 69.5 Å². The highest BCUT2D eigenvalue weighted by Gasteiger charge is 2.16. The van der Waals surface area contributed by atoms with E-state index in [9.17, 15) is 18.0 Å². The van der Waals surface area contributed by atoms with Gasteiger partial charge >= 0.3 is 0 Å². The van der Waals surface area contributed by atoms with Crippen LogP contribution in [-0.4, -0.2) is 19.3 Å². The minimum atomic E-state index is -4.06.